The minimum absolute atomic E-state index is 0.0674. The van der Waals surface area contributed by atoms with Crippen molar-refractivity contribution < 1.29 is 28.6 Å². The molecule has 6 heteroatoms. The van der Waals surface area contributed by atoms with E-state index in [1.165, 1.54) is 186 Å². The van der Waals surface area contributed by atoms with E-state index in [1.54, 1.807) is 0 Å². The summed E-state index contributed by atoms with van der Waals surface area (Å²) in [6.07, 6.45) is 57.3. The summed E-state index contributed by atoms with van der Waals surface area (Å²) in [7, 11) is 0. The molecule has 0 N–H and O–H groups in total. The molecule has 0 aromatic rings. The van der Waals surface area contributed by atoms with E-state index in [4.69, 9.17) is 14.2 Å². The smallest absolute Gasteiger partial charge is 0.306 e. The molecule has 358 valence electrons. The Morgan fingerprint density at radius 2 is 0.590 bits per heavy atom. The van der Waals surface area contributed by atoms with Gasteiger partial charge in [-0.1, -0.05) is 244 Å². The van der Waals surface area contributed by atoms with E-state index in [0.29, 0.717) is 19.3 Å². The van der Waals surface area contributed by atoms with Gasteiger partial charge in [0.05, 0.1) is 0 Å². The fourth-order valence-electron chi connectivity index (χ4n) is 7.89. The summed E-state index contributed by atoms with van der Waals surface area (Å²) >= 11 is 0. The first-order valence-corrected chi connectivity index (χ1v) is 26.8. The number of hydrogen-bond donors (Lipinski definition) is 0. The van der Waals surface area contributed by atoms with Crippen LogP contribution in [0.25, 0.3) is 0 Å². The highest BCUT2D eigenvalue weighted by Crippen LogP contribution is 2.16. The van der Waals surface area contributed by atoms with Crippen LogP contribution in [0.2, 0.25) is 0 Å². The van der Waals surface area contributed by atoms with Crippen LogP contribution in [0.5, 0.6) is 0 Å². The molecule has 0 heterocycles. The lowest BCUT2D eigenvalue weighted by Crippen LogP contribution is -2.30. The molecule has 0 fully saturated rings. The van der Waals surface area contributed by atoms with Crippen molar-refractivity contribution in [2.24, 2.45) is 0 Å². The second-order valence-corrected chi connectivity index (χ2v) is 18.2. The highest BCUT2D eigenvalue weighted by Gasteiger charge is 2.19. The summed E-state index contributed by atoms with van der Waals surface area (Å²) in [6.45, 7) is 6.63. The Kier molecular flexibility index (Phi) is 48.8. The molecule has 0 unspecified atom stereocenters. The largest absolute Gasteiger partial charge is 0.462 e. The molecule has 6 nitrogen and oxygen atoms in total. The van der Waals surface area contributed by atoms with E-state index in [0.717, 1.165) is 64.2 Å². The molecule has 0 bridgehead atoms. The van der Waals surface area contributed by atoms with Crippen LogP contribution in [0, 0.1) is 0 Å². The first kappa shape index (κ1) is 58.9. The van der Waals surface area contributed by atoms with Gasteiger partial charge in [-0.2, -0.15) is 0 Å². The molecule has 0 amide bonds. The zero-order valence-electron chi connectivity index (χ0n) is 40.9. The van der Waals surface area contributed by atoms with Crippen molar-refractivity contribution in [3.05, 3.63) is 24.3 Å². The predicted octanol–water partition coefficient (Wildman–Crippen LogP) is 17.5. The molecule has 0 aliphatic heterocycles. The van der Waals surface area contributed by atoms with Crippen molar-refractivity contribution in [1.29, 1.82) is 0 Å². The molecule has 0 saturated carbocycles. The van der Waals surface area contributed by atoms with Gasteiger partial charge in [-0.3, -0.25) is 14.4 Å². The third kappa shape index (κ3) is 48.8. The van der Waals surface area contributed by atoms with Crippen LogP contribution in [0.1, 0.15) is 290 Å². The lowest BCUT2D eigenvalue weighted by atomic mass is 10.0. The van der Waals surface area contributed by atoms with Gasteiger partial charge in [-0.05, 0) is 51.4 Å². The van der Waals surface area contributed by atoms with E-state index in [2.05, 4.69) is 45.1 Å². The Labute approximate surface area is 379 Å². The van der Waals surface area contributed by atoms with Crippen molar-refractivity contribution in [3.8, 4) is 0 Å². The van der Waals surface area contributed by atoms with E-state index in [9.17, 15) is 14.4 Å². The van der Waals surface area contributed by atoms with Gasteiger partial charge in [-0.25, -0.2) is 0 Å². The van der Waals surface area contributed by atoms with Gasteiger partial charge in [-0.15, -0.1) is 0 Å². The SMILES string of the molecule is CCCCC/C=C\C/C=C\CCCCCCCCCCCC(=O)OC[C@H](COC(=O)CCCCCCCCCCCCCC)OC(=O)CCCCCCCCCCCCCC. The molecule has 0 aliphatic rings. The van der Waals surface area contributed by atoms with Crippen molar-refractivity contribution in [2.75, 3.05) is 13.2 Å². The third-order valence-electron chi connectivity index (χ3n) is 12.0. The minimum Gasteiger partial charge on any atom is -0.462 e. The van der Waals surface area contributed by atoms with Crippen molar-refractivity contribution in [3.63, 3.8) is 0 Å². The standard InChI is InChI=1S/C55H102O6/c1-4-7-10-13-16-19-22-25-26-27-28-29-30-31-34-36-39-42-45-48-54(57)60-51-52(61-55(58)49-46-43-40-37-33-24-21-18-15-12-9-6-3)50-59-53(56)47-44-41-38-35-32-23-20-17-14-11-8-5-2/h16,19,25-26,52H,4-15,17-18,20-24,27-51H2,1-3H3/b19-16-,26-25-/t52-/m0/s1. The van der Waals surface area contributed by atoms with E-state index in [-0.39, 0.29) is 31.1 Å². The number of esters is 3. The van der Waals surface area contributed by atoms with E-state index in [1.807, 2.05) is 0 Å². The van der Waals surface area contributed by atoms with Crippen molar-refractivity contribution in [1.82, 2.24) is 0 Å². The Morgan fingerprint density at radius 1 is 0.328 bits per heavy atom. The molecule has 1 atom stereocenters. The number of unbranched alkanes of at least 4 members (excludes halogenated alkanes) is 34. The summed E-state index contributed by atoms with van der Waals surface area (Å²) in [5.74, 6) is -0.857. The van der Waals surface area contributed by atoms with Crippen molar-refractivity contribution in [2.45, 2.75) is 297 Å². The second kappa shape index (κ2) is 50.5. The average Bonchev–Trinajstić information content (AvgIpc) is 3.26. The summed E-state index contributed by atoms with van der Waals surface area (Å²) in [6, 6.07) is 0. The molecule has 0 rings (SSSR count). The number of allylic oxidation sites excluding steroid dienone is 4. The zero-order chi connectivity index (χ0) is 44.4. The molecular weight excluding hydrogens is 757 g/mol. The van der Waals surface area contributed by atoms with Gasteiger partial charge >= 0.3 is 17.9 Å². The van der Waals surface area contributed by atoms with Gasteiger partial charge in [0.2, 0.25) is 0 Å². The molecule has 0 spiro atoms. The summed E-state index contributed by atoms with van der Waals surface area (Å²) in [5.41, 5.74) is 0. The maximum absolute atomic E-state index is 12.8. The molecule has 0 aliphatic carbocycles. The Bertz CT molecular complexity index is 989. The number of ether oxygens (including phenoxy) is 3. The Morgan fingerprint density at radius 3 is 0.934 bits per heavy atom. The van der Waals surface area contributed by atoms with Gasteiger partial charge in [0.25, 0.3) is 0 Å². The molecule has 0 saturated heterocycles. The zero-order valence-corrected chi connectivity index (χ0v) is 40.9. The average molecular weight is 859 g/mol. The molecule has 0 aromatic heterocycles. The molecule has 0 aromatic carbocycles. The second-order valence-electron chi connectivity index (χ2n) is 18.2. The normalized spacial score (nSPS) is 12.1. The molecular formula is C55H102O6. The first-order chi connectivity index (χ1) is 30.0. The topological polar surface area (TPSA) is 78.9 Å². The van der Waals surface area contributed by atoms with Gasteiger partial charge in [0, 0.05) is 19.3 Å². The quantitative estimate of drug-likeness (QED) is 0.0262. The summed E-state index contributed by atoms with van der Waals surface area (Å²) in [4.78, 5) is 38.0. The number of carbonyl (C=O) groups excluding carboxylic acids is 3. The third-order valence-corrected chi connectivity index (χ3v) is 12.0. The fourth-order valence-corrected chi connectivity index (χ4v) is 7.89. The highest BCUT2D eigenvalue weighted by atomic mass is 16.6. The first-order valence-electron chi connectivity index (χ1n) is 26.8. The monoisotopic (exact) mass is 859 g/mol. The van der Waals surface area contributed by atoms with Crippen LogP contribution in [0.4, 0.5) is 0 Å². The van der Waals surface area contributed by atoms with Gasteiger partial charge < -0.3 is 14.2 Å². The summed E-state index contributed by atoms with van der Waals surface area (Å²) < 4.78 is 16.8. The van der Waals surface area contributed by atoms with Gasteiger partial charge in [0.1, 0.15) is 13.2 Å². The van der Waals surface area contributed by atoms with Gasteiger partial charge in [0.15, 0.2) is 6.10 Å². The number of rotatable bonds is 49. The van der Waals surface area contributed by atoms with Crippen LogP contribution >= 0.6 is 0 Å². The maximum atomic E-state index is 12.8. The summed E-state index contributed by atoms with van der Waals surface area (Å²) in [5, 5.41) is 0. The fraction of sp³-hybridized carbons (Fsp3) is 0.873. The predicted molar refractivity (Wildman–Crippen MR) is 261 cm³/mol. The lowest BCUT2D eigenvalue weighted by molar-refractivity contribution is -0.167. The maximum Gasteiger partial charge on any atom is 0.306 e. The number of hydrogen-bond acceptors (Lipinski definition) is 6. The van der Waals surface area contributed by atoms with E-state index >= 15 is 0 Å². The van der Waals surface area contributed by atoms with Crippen LogP contribution in [-0.4, -0.2) is 37.2 Å². The molecule has 0 radical (unpaired) electrons. The van der Waals surface area contributed by atoms with Crippen LogP contribution < -0.4 is 0 Å². The lowest BCUT2D eigenvalue weighted by Gasteiger charge is -2.18. The molecule has 61 heavy (non-hydrogen) atoms. The van der Waals surface area contributed by atoms with Crippen molar-refractivity contribution >= 4 is 17.9 Å². The Balaban J connectivity index is 4.29. The Hall–Kier alpha value is -2.11. The van der Waals surface area contributed by atoms with E-state index < -0.39 is 6.10 Å². The minimum atomic E-state index is -0.766. The highest BCUT2D eigenvalue weighted by molar-refractivity contribution is 5.71. The number of carbonyl (C=O) groups is 3. The van der Waals surface area contributed by atoms with Crippen LogP contribution in [0.15, 0.2) is 24.3 Å². The van der Waals surface area contributed by atoms with Crippen LogP contribution in [0.3, 0.4) is 0 Å². The van der Waals surface area contributed by atoms with Crippen LogP contribution in [-0.2, 0) is 28.6 Å².